The number of carboxylic acid groups (broad SMARTS) is 1. The Bertz CT molecular complexity index is 489. The lowest BCUT2D eigenvalue weighted by Gasteiger charge is -2.30. The predicted octanol–water partition coefficient (Wildman–Crippen LogP) is 3.16. The summed E-state index contributed by atoms with van der Waals surface area (Å²) in [5.74, 6) is -1.08. The van der Waals surface area contributed by atoms with Crippen LogP contribution in [0.1, 0.15) is 30.6 Å². The summed E-state index contributed by atoms with van der Waals surface area (Å²) in [6.45, 7) is 1.08. The average Bonchev–Trinajstić information content (AvgIpc) is 2.84. The van der Waals surface area contributed by atoms with Crippen molar-refractivity contribution >= 4 is 39.1 Å². The molecule has 1 saturated heterocycles. The third-order valence-corrected chi connectivity index (χ3v) is 5.25. The Hall–Kier alpha value is -0.880. The molecule has 1 unspecified atom stereocenters. The Morgan fingerprint density at radius 2 is 2.25 bits per heavy atom. The van der Waals surface area contributed by atoms with Crippen LogP contribution < -0.4 is 0 Å². The van der Waals surface area contributed by atoms with Gasteiger partial charge in [0, 0.05) is 24.4 Å². The Morgan fingerprint density at radius 3 is 2.90 bits per heavy atom. The van der Waals surface area contributed by atoms with Crippen molar-refractivity contribution in [1.82, 2.24) is 4.90 Å². The molecule has 1 N–H and O–H groups in total. The predicted molar refractivity (Wildman–Crippen MR) is 81.9 cm³/mol. The zero-order valence-electron chi connectivity index (χ0n) is 11.2. The number of aryl methyl sites for hydroxylation is 1. The van der Waals surface area contributed by atoms with Crippen LogP contribution in [0.5, 0.6) is 0 Å². The molecule has 0 spiro atoms. The van der Waals surface area contributed by atoms with Gasteiger partial charge in [0.2, 0.25) is 5.91 Å². The van der Waals surface area contributed by atoms with Crippen LogP contribution in [-0.4, -0.2) is 35.0 Å². The second-order valence-electron chi connectivity index (χ2n) is 5.08. The Balaban J connectivity index is 1.75. The average molecular weight is 360 g/mol. The molecule has 2 heterocycles. The first-order chi connectivity index (χ1) is 9.56. The summed E-state index contributed by atoms with van der Waals surface area (Å²) in [5.41, 5.74) is 0. The van der Waals surface area contributed by atoms with Crippen LogP contribution in [0.15, 0.2) is 15.9 Å². The first-order valence-electron chi connectivity index (χ1n) is 6.81. The van der Waals surface area contributed by atoms with E-state index < -0.39 is 5.97 Å². The van der Waals surface area contributed by atoms with Crippen molar-refractivity contribution in [2.75, 3.05) is 13.1 Å². The van der Waals surface area contributed by atoms with Crippen LogP contribution in [0.2, 0.25) is 0 Å². The third-order valence-electron chi connectivity index (χ3n) is 3.57. The normalized spacial score (nSPS) is 19.1. The maximum absolute atomic E-state index is 12.1. The van der Waals surface area contributed by atoms with Gasteiger partial charge < -0.3 is 10.0 Å². The smallest absolute Gasteiger partial charge is 0.308 e. The van der Waals surface area contributed by atoms with Crippen molar-refractivity contribution in [3.05, 3.63) is 20.8 Å². The molecule has 20 heavy (non-hydrogen) atoms. The highest BCUT2D eigenvalue weighted by molar-refractivity contribution is 9.11. The van der Waals surface area contributed by atoms with Gasteiger partial charge in [-0.3, -0.25) is 9.59 Å². The highest BCUT2D eigenvalue weighted by atomic mass is 79.9. The van der Waals surface area contributed by atoms with E-state index in [1.165, 1.54) is 4.88 Å². The highest BCUT2D eigenvalue weighted by Crippen LogP contribution is 2.24. The number of rotatable bonds is 5. The molecular weight excluding hydrogens is 342 g/mol. The number of piperidine rings is 1. The first-order valence-corrected chi connectivity index (χ1v) is 8.42. The molecular formula is C14H18BrNO3S. The number of likely N-dealkylation sites (tertiary alicyclic amines) is 1. The van der Waals surface area contributed by atoms with Crippen LogP contribution in [0.4, 0.5) is 0 Å². The van der Waals surface area contributed by atoms with Crippen molar-refractivity contribution in [2.24, 2.45) is 5.92 Å². The summed E-state index contributed by atoms with van der Waals surface area (Å²) in [7, 11) is 0. The summed E-state index contributed by atoms with van der Waals surface area (Å²) in [6.07, 6.45) is 3.70. The molecule has 4 nitrogen and oxygen atoms in total. The van der Waals surface area contributed by atoms with Gasteiger partial charge >= 0.3 is 5.97 Å². The van der Waals surface area contributed by atoms with Crippen LogP contribution in [0, 0.1) is 5.92 Å². The molecule has 0 radical (unpaired) electrons. The molecule has 0 aromatic carbocycles. The van der Waals surface area contributed by atoms with Crippen LogP contribution in [-0.2, 0) is 16.0 Å². The first kappa shape index (κ1) is 15.5. The monoisotopic (exact) mass is 359 g/mol. The molecule has 1 aromatic heterocycles. The van der Waals surface area contributed by atoms with Crippen molar-refractivity contribution in [3.63, 3.8) is 0 Å². The standard InChI is InChI=1S/C14H18BrNO3S/c15-12-7-6-11(20-12)4-1-5-13(17)16-8-2-3-10(9-16)14(18)19/h6-7,10H,1-5,8-9H2,(H,18,19). The van der Waals surface area contributed by atoms with Gasteiger partial charge in [-0.25, -0.2) is 0 Å². The fraction of sp³-hybridized carbons (Fsp3) is 0.571. The van der Waals surface area contributed by atoms with Gasteiger partial charge in [-0.1, -0.05) is 0 Å². The van der Waals surface area contributed by atoms with E-state index >= 15 is 0 Å². The Kier molecular flexibility index (Phi) is 5.60. The summed E-state index contributed by atoms with van der Waals surface area (Å²) in [5, 5.41) is 9.02. The Labute approximate surface area is 130 Å². The van der Waals surface area contributed by atoms with E-state index in [0.29, 0.717) is 25.9 Å². The second kappa shape index (κ2) is 7.22. The van der Waals surface area contributed by atoms with Gasteiger partial charge in [-0.2, -0.15) is 0 Å². The minimum Gasteiger partial charge on any atom is -0.481 e. The number of carbonyl (C=O) groups is 2. The number of aliphatic carboxylic acids is 1. The molecule has 110 valence electrons. The van der Waals surface area contributed by atoms with Gasteiger partial charge in [-0.05, 0) is 53.7 Å². The molecule has 6 heteroatoms. The van der Waals surface area contributed by atoms with E-state index in [4.69, 9.17) is 5.11 Å². The number of nitrogens with zero attached hydrogens (tertiary/aromatic N) is 1. The molecule has 0 bridgehead atoms. The summed E-state index contributed by atoms with van der Waals surface area (Å²) in [4.78, 5) is 26.1. The number of hydrogen-bond acceptors (Lipinski definition) is 3. The quantitative estimate of drug-likeness (QED) is 0.878. The van der Waals surface area contributed by atoms with Crippen molar-refractivity contribution < 1.29 is 14.7 Å². The molecule has 1 amide bonds. The minimum atomic E-state index is -0.786. The Morgan fingerprint density at radius 1 is 1.45 bits per heavy atom. The maximum atomic E-state index is 12.1. The molecule has 0 saturated carbocycles. The fourth-order valence-corrected chi connectivity index (χ4v) is 3.99. The number of hydrogen-bond donors (Lipinski definition) is 1. The van der Waals surface area contributed by atoms with E-state index in [9.17, 15) is 9.59 Å². The van der Waals surface area contributed by atoms with E-state index in [1.807, 2.05) is 6.07 Å². The molecule has 1 aliphatic heterocycles. The maximum Gasteiger partial charge on any atom is 0.308 e. The van der Waals surface area contributed by atoms with E-state index in [-0.39, 0.29) is 11.8 Å². The number of thiophene rings is 1. The van der Waals surface area contributed by atoms with E-state index in [1.54, 1.807) is 16.2 Å². The van der Waals surface area contributed by atoms with Crippen molar-refractivity contribution in [3.8, 4) is 0 Å². The lowest BCUT2D eigenvalue weighted by Crippen LogP contribution is -2.42. The van der Waals surface area contributed by atoms with Gasteiger partial charge in [0.05, 0.1) is 9.70 Å². The lowest BCUT2D eigenvalue weighted by molar-refractivity contribution is -0.145. The highest BCUT2D eigenvalue weighted by Gasteiger charge is 2.27. The number of halogens is 1. The number of carbonyl (C=O) groups excluding carboxylic acids is 1. The van der Waals surface area contributed by atoms with Gasteiger partial charge in [0.25, 0.3) is 0 Å². The molecule has 2 rings (SSSR count). The lowest BCUT2D eigenvalue weighted by atomic mass is 9.98. The SMILES string of the molecule is O=C(O)C1CCCN(C(=O)CCCc2ccc(Br)s2)C1. The van der Waals surface area contributed by atoms with Crippen LogP contribution in [0.25, 0.3) is 0 Å². The minimum absolute atomic E-state index is 0.0894. The van der Waals surface area contributed by atoms with Crippen LogP contribution >= 0.6 is 27.3 Å². The molecule has 1 atom stereocenters. The van der Waals surface area contributed by atoms with E-state index in [0.717, 1.165) is 23.0 Å². The fourth-order valence-electron chi connectivity index (χ4n) is 2.46. The molecule has 1 fully saturated rings. The molecule has 1 aliphatic rings. The molecule has 1 aromatic rings. The third kappa shape index (κ3) is 4.31. The summed E-state index contributed by atoms with van der Waals surface area (Å²) in [6, 6.07) is 4.09. The van der Waals surface area contributed by atoms with E-state index in [2.05, 4.69) is 22.0 Å². The zero-order valence-corrected chi connectivity index (χ0v) is 13.6. The second-order valence-corrected chi connectivity index (χ2v) is 7.62. The summed E-state index contributed by atoms with van der Waals surface area (Å²) >= 11 is 5.12. The van der Waals surface area contributed by atoms with Gasteiger partial charge in [0.1, 0.15) is 0 Å². The summed E-state index contributed by atoms with van der Waals surface area (Å²) < 4.78 is 1.11. The zero-order chi connectivity index (χ0) is 14.5. The van der Waals surface area contributed by atoms with Gasteiger partial charge in [-0.15, -0.1) is 11.3 Å². The number of amides is 1. The largest absolute Gasteiger partial charge is 0.481 e. The van der Waals surface area contributed by atoms with Crippen molar-refractivity contribution in [2.45, 2.75) is 32.1 Å². The number of carboxylic acids is 1. The van der Waals surface area contributed by atoms with Gasteiger partial charge in [0.15, 0.2) is 0 Å². The van der Waals surface area contributed by atoms with Crippen LogP contribution in [0.3, 0.4) is 0 Å². The topological polar surface area (TPSA) is 57.6 Å². The molecule has 0 aliphatic carbocycles. The van der Waals surface area contributed by atoms with Crippen molar-refractivity contribution in [1.29, 1.82) is 0 Å².